The van der Waals surface area contributed by atoms with Crippen LogP contribution in [0.15, 0.2) is 41.0 Å². The maximum atomic E-state index is 11.6. The second-order valence-electron chi connectivity index (χ2n) is 4.09. The number of hydrogen-bond donors (Lipinski definition) is 0. The van der Waals surface area contributed by atoms with E-state index in [1.807, 2.05) is 30.3 Å². The van der Waals surface area contributed by atoms with Gasteiger partial charge in [0.1, 0.15) is 0 Å². The summed E-state index contributed by atoms with van der Waals surface area (Å²) in [7, 11) is 1.35. The molecule has 106 valence electrons. The topological polar surface area (TPSA) is 53.3 Å². The van der Waals surface area contributed by atoms with E-state index >= 15 is 0 Å². The Labute approximate surface area is 125 Å². The molecule has 0 atom stereocenters. The Balaban J connectivity index is 1.87. The van der Waals surface area contributed by atoms with E-state index in [1.54, 1.807) is 10.9 Å². The van der Waals surface area contributed by atoms with E-state index in [-0.39, 0.29) is 0 Å². The zero-order chi connectivity index (χ0) is 14.4. The number of methoxy groups -OCH3 is 1. The third-order valence-corrected chi connectivity index (χ3v) is 3.31. The largest absolute Gasteiger partial charge is 0.464 e. The SMILES string of the molecule is COC(=O)c1c(Br)cnn1CCOCc1ccccc1. The molecule has 1 aromatic carbocycles. The van der Waals surface area contributed by atoms with Crippen LogP contribution in [0.5, 0.6) is 0 Å². The van der Waals surface area contributed by atoms with Gasteiger partial charge in [-0.15, -0.1) is 0 Å². The Morgan fingerprint density at radius 3 is 2.80 bits per heavy atom. The van der Waals surface area contributed by atoms with E-state index in [0.717, 1.165) is 5.56 Å². The van der Waals surface area contributed by atoms with Gasteiger partial charge in [-0.1, -0.05) is 30.3 Å². The summed E-state index contributed by atoms with van der Waals surface area (Å²) in [4.78, 5) is 11.6. The minimum absolute atomic E-state index is 0.399. The molecule has 0 aliphatic heterocycles. The highest BCUT2D eigenvalue weighted by atomic mass is 79.9. The summed E-state index contributed by atoms with van der Waals surface area (Å²) >= 11 is 3.28. The molecule has 0 saturated carbocycles. The van der Waals surface area contributed by atoms with Crippen LogP contribution in [0.3, 0.4) is 0 Å². The summed E-state index contributed by atoms with van der Waals surface area (Å²) in [6.07, 6.45) is 1.57. The van der Waals surface area contributed by atoms with Crippen LogP contribution in [0.1, 0.15) is 16.1 Å². The molecule has 6 heteroatoms. The third kappa shape index (κ3) is 3.68. The maximum Gasteiger partial charge on any atom is 0.357 e. The van der Waals surface area contributed by atoms with Crippen molar-refractivity contribution in [3.8, 4) is 0 Å². The van der Waals surface area contributed by atoms with E-state index in [1.165, 1.54) is 7.11 Å². The molecular formula is C14H15BrN2O3. The smallest absolute Gasteiger partial charge is 0.357 e. The van der Waals surface area contributed by atoms with Gasteiger partial charge in [0.25, 0.3) is 0 Å². The lowest BCUT2D eigenvalue weighted by Crippen LogP contribution is -2.15. The number of esters is 1. The number of halogens is 1. The fourth-order valence-electron chi connectivity index (χ4n) is 1.75. The summed E-state index contributed by atoms with van der Waals surface area (Å²) in [5, 5.41) is 4.12. The molecule has 0 bridgehead atoms. The van der Waals surface area contributed by atoms with Crippen LogP contribution < -0.4 is 0 Å². The molecule has 0 aliphatic rings. The van der Waals surface area contributed by atoms with Crippen molar-refractivity contribution in [2.45, 2.75) is 13.2 Å². The van der Waals surface area contributed by atoms with Gasteiger partial charge in [0, 0.05) is 0 Å². The zero-order valence-electron chi connectivity index (χ0n) is 11.1. The van der Waals surface area contributed by atoms with Crippen molar-refractivity contribution < 1.29 is 14.3 Å². The van der Waals surface area contributed by atoms with Gasteiger partial charge in [-0.2, -0.15) is 5.10 Å². The van der Waals surface area contributed by atoms with Crippen molar-refractivity contribution >= 4 is 21.9 Å². The third-order valence-electron chi connectivity index (χ3n) is 2.73. The van der Waals surface area contributed by atoms with Crippen LogP contribution in [0.2, 0.25) is 0 Å². The standard InChI is InChI=1S/C14H15BrN2O3/c1-19-14(18)13-12(15)9-16-17(13)7-8-20-10-11-5-3-2-4-6-11/h2-6,9H,7-8,10H2,1H3. The first-order valence-corrected chi connectivity index (χ1v) is 6.93. The molecule has 20 heavy (non-hydrogen) atoms. The minimum atomic E-state index is -0.419. The average molecular weight is 339 g/mol. The van der Waals surface area contributed by atoms with Gasteiger partial charge in [-0.25, -0.2) is 4.79 Å². The van der Waals surface area contributed by atoms with E-state index in [4.69, 9.17) is 9.47 Å². The predicted octanol–water partition coefficient (Wildman–Crippen LogP) is 2.65. The number of carbonyl (C=O) groups is 1. The number of benzene rings is 1. The average Bonchev–Trinajstić information content (AvgIpc) is 2.85. The van der Waals surface area contributed by atoms with Crippen LogP contribution in [0.25, 0.3) is 0 Å². The lowest BCUT2D eigenvalue weighted by molar-refractivity contribution is 0.0578. The Morgan fingerprint density at radius 1 is 1.35 bits per heavy atom. The fraction of sp³-hybridized carbons (Fsp3) is 0.286. The van der Waals surface area contributed by atoms with Gasteiger partial charge >= 0.3 is 5.97 Å². The molecule has 0 spiro atoms. The number of nitrogens with zero attached hydrogens (tertiary/aromatic N) is 2. The fourth-order valence-corrected chi connectivity index (χ4v) is 2.21. The van der Waals surface area contributed by atoms with E-state index in [0.29, 0.717) is 29.9 Å². The Morgan fingerprint density at radius 2 is 2.10 bits per heavy atom. The molecule has 0 amide bonds. The molecular weight excluding hydrogens is 324 g/mol. The zero-order valence-corrected chi connectivity index (χ0v) is 12.7. The molecule has 2 rings (SSSR count). The second kappa shape index (κ2) is 7.21. The lowest BCUT2D eigenvalue weighted by atomic mass is 10.2. The molecule has 5 nitrogen and oxygen atoms in total. The van der Waals surface area contributed by atoms with Crippen LogP contribution in [0, 0.1) is 0 Å². The minimum Gasteiger partial charge on any atom is -0.464 e. The Kier molecular flexibility index (Phi) is 5.31. The van der Waals surface area contributed by atoms with Gasteiger partial charge in [0.15, 0.2) is 5.69 Å². The Hall–Kier alpha value is -1.66. The van der Waals surface area contributed by atoms with Crippen molar-refractivity contribution in [2.75, 3.05) is 13.7 Å². The molecule has 0 aliphatic carbocycles. The highest BCUT2D eigenvalue weighted by Crippen LogP contribution is 2.16. The predicted molar refractivity (Wildman–Crippen MR) is 77.4 cm³/mol. The summed E-state index contributed by atoms with van der Waals surface area (Å²) in [5.74, 6) is -0.419. The monoisotopic (exact) mass is 338 g/mol. The molecule has 0 N–H and O–H groups in total. The number of carbonyl (C=O) groups excluding carboxylic acids is 1. The van der Waals surface area contributed by atoms with E-state index in [2.05, 4.69) is 21.0 Å². The Bertz CT molecular complexity index is 569. The summed E-state index contributed by atoms with van der Waals surface area (Å²) in [5.41, 5.74) is 1.51. The van der Waals surface area contributed by atoms with Crippen molar-refractivity contribution in [1.29, 1.82) is 0 Å². The summed E-state index contributed by atoms with van der Waals surface area (Å²) in [6, 6.07) is 9.92. The van der Waals surface area contributed by atoms with Gasteiger partial charge in [0.2, 0.25) is 0 Å². The molecule has 2 aromatic rings. The first kappa shape index (κ1) is 14.7. The van der Waals surface area contributed by atoms with E-state index in [9.17, 15) is 4.79 Å². The quantitative estimate of drug-likeness (QED) is 0.600. The first-order chi connectivity index (χ1) is 9.72. The molecule has 0 saturated heterocycles. The van der Waals surface area contributed by atoms with Crippen molar-refractivity contribution in [3.63, 3.8) is 0 Å². The van der Waals surface area contributed by atoms with Gasteiger partial charge in [-0.05, 0) is 21.5 Å². The van der Waals surface area contributed by atoms with Crippen LogP contribution in [-0.2, 0) is 22.6 Å². The number of aromatic nitrogens is 2. The second-order valence-corrected chi connectivity index (χ2v) is 4.95. The molecule has 0 unspecified atom stereocenters. The van der Waals surface area contributed by atoms with Crippen molar-refractivity contribution in [3.05, 3.63) is 52.3 Å². The first-order valence-electron chi connectivity index (χ1n) is 6.13. The van der Waals surface area contributed by atoms with Crippen LogP contribution in [0.4, 0.5) is 0 Å². The highest BCUT2D eigenvalue weighted by molar-refractivity contribution is 9.10. The number of ether oxygens (including phenoxy) is 2. The summed E-state index contributed by atoms with van der Waals surface area (Å²) < 4.78 is 12.5. The van der Waals surface area contributed by atoms with Gasteiger partial charge in [-0.3, -0.25) is 4.68 Å². The molecule has 1 aromatic heterocycles. The maximum absolute atomic E-state index is 11.6. The van der Waals surface area contributed by atoms with Crippen LogP contribution in [-0.4, -0.2) is 29.5 Å². The number of rotatable bonds is 6. The van der Waals surface area contributed by atoms with Gasteiger partial charge < -0.3 is 9.47 Å². The lowest BCUT2D eigenvalue weighted by Gasteiger charge is -2.07. The molecule has 1 heterocycles. The van der Waals surface area contributed by atoms with E-state index < -0.39 is 5.97 Å². The van der Waals surface area contributed by atoms with Crippen LogP contribution >= 0.6 is 15.9 Å². The van der Waals surface area contributed by atoms with Crippen molar-refractivity contribution in [2.24, 2.45) is 0 Å². The van der Waals surface area contributed by atoms with Gasteiger partial charge in [0.05, 0.1) is 37.5 Å². The van der Waals surface area contributed by atoms with Crippen molar-refractivity contribution in [1.82, 2.24) is 9.78 Å². The highest BCUT2D eigenvalue weighted by Gasteiger charge is 2.17. The number of hydrogen-bond acceptors (Lipinski definition) is 4. The normalized spacial score (nSPS) is 10.5. The summed E-state index contributed by atoms with van der Waals surface area (Å²) in [6.45, 7) is 1.49. The molecule has 0 radical (unpaired) electrons. The molecule has 0 fully saturated rings.